The molecule has 19 heavy (non-hydrogen) atoms. The molecule has 5 heteroatoms. The molecule has 2 aromatic rings. The molecule has 0 aliphatic carbocycles. The van der Waals surface area contributed by atoms with Crippen LogP contribution in [0, 0.1) is 0 Å². The van der Waals surface area contributed by atoms with E-state index in [2.05, 4.69) is 11.1 Å². The predicted octanol–water partition coefficient (Wildman–Crippen LogP) is 2.80. The van der Waals surface area contributed by atoms with Crippen molar-refractivity contribution in [2.75, 3.05) is 24.6 Å². The largest absolute Gasteiger partial charge is 0.341 e. The first-order valence-electron chi connectivity index (χ1n) is 6.53. The van der Waals surface area contributed by atoms with Crippen LogP contribution in [0.1, 0.15) is 11.4 Å². The standard InChI is InChI=1S/C14H16N2OS2/c17-14(16-7-9-18-10-8-16)6-5-13-15-11-3-1-2-4-12(11)19-13/h1-4H,5-10H2. The Kier molecular flexibility index (Phi) is 4.03. The highest BCUT2D eigenvalue weighted by Crippen LogP contribution is 2.22. The Morgan fingerprint density at radius 3 is 2.84 bits per heavy atom. The van der Waals surface area contributed by atoms with Crippen LogP contribution in [-0.4, -0.2) is 40.4 Å². The molecule has 1 saturated heterocycles. The van der Waals surface area contributed by atoms with Gasteiger partial charge < -0.3 is 4.90 Å². The Morgan fingerprint density at radius 1 is 1.26 bits per heavy atom. The summed E-state index contributed by atoms with van der Waals surface area (Å²) in [7, 11) is 0. The molecule has 100 valence electrons. The minimum absolute atomic E-state index is 0.277. The number of carbonyl (C=O) groups is 1. The molecule has 1 aliphatic rings. The molecule has 1 aromatic carbocycles. The first-order valence-corrected chi connectivity index (χ1v) is 8.50. The van der Waals surface area contributed by atoms with Crippen molar-refractivity contribution in [2.24, 2.45) is 0 Å². The van der Waals surface area contributed by atoms with Crippen LogP contribution in [0.3, 0.4) is 0 Å². The second-order valence-corrected chi connectivity index (χ2v) is 6.91. The fraction of sp³-hybridized carbons (Fsp3) is 0.429. The molecule has 0 bridgehead atoms. The normalized spacial score (nSPS) is 15.9. The number of rotatable bonds is 3. The number of benzene rings is 1. The molecule has 0 radical (unpaired) electrons. The third kappa shape index (κ3) is 3.09. The van der Waals surface area contributed by atoms with Gasteiger partial charge in [0.05, 0.1) is 15.2 Å². The minimum Gasteiger partial charge on any atom is -0.341 e. The molecular formula is C14H16N2OS2. The molecule has 0 saturated carbocycles. The molecular weight excluding hydrogens is 276 g/mol. The number of hydrogen-bond donors (Lipinski definition) is 0. The van der Waals surface area contributed by atoms with E-state index in [0.29, 0.717) is 6.42 Å². The van der Waals surface area contributed by atoms with Crippen molar-refractivity contribution in [1.29, 1.82) is 0 Å². The van der Waals surface area contributed by atoms with Crippen molar-refractivity contribution in [2.45, 2.75) is 12.8 Å². The van der Waals surface area contributed by atoms with Crippen LogP contribution in [0.5, 0.6) is 0 Å². The first kappa shape index (κ1) is 12.9. The molecule has 1 aromatic heterocycles. The Bertz CT molecular complexity index is 543. The smallest absolute Gasteiger partial charge is 0.223 e. The number of nitrogens with zero attached hydrogens (tertiary/aromatic N) is 2. The van der Waals surface area contributed by atoms with Gasteiger partial charge in [0.1, 0.15) is 0 Å². The highest BCUT2D eigenvalue weighted by atomic mass is 32.2. The highest BCUT2D eigenvalue weighted by Gasteiger charge is 2.16. The van der Waals surface area contributed by atoms with E-state index in [1.54, 1.807) is 11.3 Å². The van der Waals surface area contributed by atoms with Gasteiger partial charge in [-0.1, -0.05) is 12.1 Å². The lowest BCUT2D eigenvalue weighted by molar-refractivity contribution is -0.130. The van der Waals surface area contributed by atoms with Crippen molar-refractivity contribution in [3.05, 3.63) is 29.3 Å². The predicted molar refractivity (Wildman–Crippen MR) is 81.8 cm³/mol. The van der Waals surface area contributed by atoms with Gasteiger partial charge in [-0.3, -0.25) is 4.79 Å². The van der Waals surface area contributed by atoms with E-state index >= 15 is 0 Å². The molecule has 2 heterocycles. The summed E-state index contributed by atoms with van der Waals surface area (Å²) >= 11 is 3.63. The van der Waals surface area contributed by atoms with E-state index in [-0.39, 0.29) is 5.91 Å². The fourth-order valence-electron chi connectivity index (χ4n) is 2.21. The molecule has 1 amide bonds. The van der Waals surface area contributed by atoms with Crippen LogP contribution in [0.25, 0.3) is 10.2 Å². The molecule has 1 aliphatic heterocycles. The van der Waals surface area contributed by atoms with Gasteiger partial charge in [0.25, 0.3) is 0 Å². The van der Waals surface area contributed by atoms with Crippen molar-refractivity contribution in [1.82, 2.24) is 9.88 Å². The van der Waals surface area contributed by atoms with E-state index < -0.39 is 0 Å². The summed E-state index contributed by atoms with van der Waals surface area (Å²) in [5.41, 5.74) is 1.05. The van der Waals surface area contributed by atoms with Crippen LogP contribution >= 0.6 is 23.1 Å². The van der Waals surface area contributed by atoms with Crippen LogP contribution in [-0.2, 0) is 11.2 Å². The van der Waals surface area contributed by atoms with E-state index in [1.807, 2.05) is 34.9 Å². The number of amides is 1. The summed E-state index contributed by atoms with van der Waals surface area (Å²) in [5.74, 6) is 2.43. The van der Waals surface area contributed by atoms with Crippen molar-refractivity contribution < 1.29 is 4.79 Å². The molecule has 0 spiro atoms. The Labute approximate surface area is 121 Å². The number of aryl methyl sites for hydroxylation is 1. The number of carbonyl (C=O) groups excluding carboxylic acids is 1. The zero-order valence-electron chi connectivity index (χ0n) is 10.7. The summed E-state index contributed by atoms with van der Waals surface area (Å²) in [6, 6.07) is 8.14. The number of thioether (sulfide) groups is 1. The zero-order chi connectivity index (χ0) is 13.1. The van der Waals surface area contributed by atoms with Crippen molar-refractivity contribution >= 4 is 39.2 Å². The molecule has 1 fully saturated rings. The topological polar surface area (TPSA) is 33.2 Å². The molecule has 0 unspecified atom stereocenters. The van der Waals surface area contributed by atoms with Gasteiger partial charge >= 0.3 is 0 Å². The molecule has 3 rings (SSSR count). The second-order valence-electron chi connectivity index (χ2n) is 4.57. The fourth-order valence-corrected chi connectivity index (χ4v) is 4.08. The van der Waals surface area contributed by atoms with Gasteiger partial charge in [-0.05, 0) is 12.1 Å². The van der Waals surface area contributed by atoms with Gasteiger partial charge in [-0.25, -0.2) is 4.98 Å². The van der Waals surface area contributed by atoms with E-state index in [9.17, 15) is 4.79 Å². The number of fused-ring (bicyclic) bond motifs is 1. The van der Waals surface area contributed by atoms with Crippen molar-refractivity contribution in [3.63, 3.8) is 0 Å². The summed E-state index contributed by atoms with van der Waals surface area (Å²) < 4.78 is 1.21. The van der Waals surface area contributed by atoms with Crippen molar-refractivity contribution in [3.8, 4) is 0 Å². The summed E-state index contributed by atoms with van der Waals surface area (Å²) in [5, 5.41) is 1.07. The maximum atomic E-state index is 12.1. The van der Waals surface area contributed by atoms with Crippen LogP contribution in [0.4, 0.5) is 0 Å². The second kappa shape index (κ2) is 5.92. The van der Waals surface area contributed by atoms with Crippen LogP contribution < -0.4 is 0 Å². The molecule has 3 nitrogen and oxygen atoms in total. The summed E-state index contributed by atoms with van der Waals surface area (Å²) in [6.07, 6.45) is 1.35. The van der Waals surface area contributed by atoms with Crippen LogP contribution in [0.15, 0.2) is 24.3 Å². The van der Waals surface area contributed by atoms with E-state index in [4.69, 9.17) is 0 Å². The van der Waals surface area contributed by atoms with Gasteiger partial charge in [0.15, 0.2) is 0 Å². The Morgan fingerprint density at radius 2 is 2.05 bits per heavy atom. The average Bonchev–Trinajstić information content (AvgIpc) is 2.88. The lowest BCUT2D eigenvalue weighted by Crippen LogP contribution is -2.37. The maximum Gasteiger partial charge on any atom is 0.223 e. The lowest BCUT2D eigenvalue weighted by Gasteiger charge is -2.26. The number of hydrogen-bond acceptors (Lipinski definition) is 4. The van der Waals surface area contributed by atoms with Gasteiger partial charge in [-0.2, -0.15) is 11.8 Å². The molecule has 0 N–H and O–H groups in total. The third-order valence-electron chi connectivity index (χ3n) is 3.25. The lowest BCUT2D eigenvalue weighted by atomic mass is 10.2. The Hall–Kier alpha value is -1.07. The monoisotopic (exact) mass is 292 g/mol. The third-order valence-corrected chi connectivity index (χ3v) is 5.29. The number of aromatic nitrogens is 1. The minimum atomic E-state index is 0.277. The Balaban J connectivity index is 1.60. The SMILES string of the molecule is O=C(CCc1nc2ccccc2s1)N1CCSCC1. The maximum absolute atomic E-state index is 12.1. The zero-order valence-corrected chi connectivity index (χ0v) is 12.3. The van der Waals surface area contributed by atoms with Gasteiger partial charge in [0, 0.05) is 37.4 Å². The highest BCUT2D eigenvalue weighted by molar-refractivity contribution is 7.99. The van der Waals surface area contributed by atoms with Gasteiger partial charge in [-0.15, -0.1) is 11.3 Å². The molecule has 0 atom stereocenters. The number of thiazole rings is 1. The average molecular weight is 292 g/mol. The van der Waals surface area contributed by atoms with E-state index in [0.717, 1.165) is 41.5 Å². The van der Waals surface area contributed by atoms with E-state index in [1.165, 1.54) is 4.70 Å². The number of para-hydroxylation sites is 1. The van der Waals surface area contributed by atoms with Crippen LogP contribution in [0.2, 0.25) is 0 Å². The summed E-state index contributed by atoms with van der Waals surface area (Å²) in [4.78, 5) is 18.6. The quantitative estimate of drug-likeness (QED) is 0.872. The first-order chi connectivity index (χ1) is 9.33. The van der Waals surface area contributed by atoms with Gasteiger partial charge in [0.2, 0.25) is 5.91 Å². The summed E-state index contributed by atoms with van der Waals surface area (Å²) in [6.45, 7) is 1.81.